The van der Waals surface area contributed by atoms with Gasteiger partial charge < -0.3 is 15.1 Å². The number of halogens is 1. The topological polar surface area (TPSA) is 37.2 Å². The van der Waals surface area contributed by atoms with Gasteiger partial charge in [-0.15, -0.1) is 12.4 Å². The van der Waals surface area contributed by atoms with Gasteiger partial charge in [0.15, 0.2) is 0 Å². The van der Waals surface area contributed by atoms with E-state index in [4.69, 9.17) is 4.42 Å². The van der Waals surface area contributed by atoms with Gasteiger partial charge in [0.2, 0.25) is 0 Å². The van der Waals surface area contributed by atoms with Crippen molar-refractivity contribution < 1.29 is 4.42 Å². The predicted octanol–water partition coefficient (Wildman–Crippen LogP) is 1.50. The smallest absolute Gasteiger partial charge is 0.122 e. The maximum absolute atomic E-state index is 5.67. The number of rotatable bonds is 2. The number of hydrogen-bond acceptors (Lipinski definition) is 3. The second-order valence-electron chi connectivity index (χ2n) is 3.37. The summed E-state index contributed by atoms with van der Waals surface area (Å²) in [5.41, 5.74) is 0. The predicted molar refractivity (Wildman–Crippen MR) is 58.9 cm³/mol. The van der Waals surface area contributed by atoms with E-state index in [2.05, 4.69) is 29.7 Å². The molecule has 0 aromatic carbocycles. The molecular weight excluding hydrogens is 200 g/mol. The Labute approximate surface area is 90.7 Å². The maximum Gasteiger partial charge on any atom is 0.122 e. The van der Waals surface area contributed by atoms with Crippen LogP contribution in [-0.2, 0) is 6.42 Å². The lowest BCUT2D eigenvalue weighted by Crippen LogP contribution is -2.42. The summed E-state index contributed by atoms with van der Waals surface area (Å²) in [4.78, 5) is 0. The zero-order chi connectivity index (χ0) is 9.10. The fourth-order valence-corrected chi connectivity index (χ4v) is 1.63. The van der Waals surface area contributed by atoms with E-state index < -0.39 is 0 Å². The van der Waals surface area contributed by atoms with Crippen molar-refractivity contribution in [3.63, 3.8) is 0 Å². The molecule has 2 heterocycles. The highest BCUT2D eigenvalue weighted by atomic mass is 35.5. The molecular formula is C10H17ClN2O. The lowest BCUT2D eigenvalue weighted by molar-refractivity contribution is 0.353. The van der Waals surface area contributed by atoms with Gasteiger partial charge in [0.25, 0.3) is 0 Å². The Morgan fingerprint density at radius 3 is 2.86 bits per heavy atom. The Hall–Kier alpha value is -0.510. The first-order valence-corrected chi connectivity index (χ1v) is 4.93. The van der Waals surface area contributed by atoms with Gasteiger partial charge in [-0.2, -0.15) is 0 Å². The molecule has 1 atom stereocenters. The van der Waals surface area contributed by atoms with Crippen molar-refractivity contribution in [1.82, 2.24) is 10.6 Å². The van der Waals surface area contributed by atoms with Crippen LogP contribution in [0.3, 0.4) is 0 Å². The number of hydrogen-bond donors (Lipinski definition) is 2. The molecule has 14 heavy (non-hydrogen) atoms. The molecule has 1 saturated heterocycles. The maximum atomic E-state index is 5.67. The molecule has 1 fully saturated rings. The van der Waals surface area contributed by atoms with Crippen molar-refractivity contribution in [2.75, 3.05) is 19.6 Å². The molecule has 1 aromatic heterocycles. The minimum absolute atomic E-state index is 0. The lowest BCUT2D eigenvalue weighted by Gasteiger charge is -2.22. The van der Waals surface area contributed by atoms with E-state index in [1.807, 2.05) is 0 Å². The Kier molecular flexibility index (Phi) is 4.45. The third-order valence-electron chi connectivity index (χ3n) is 2.42. The normalized spacial score (nSPS) is 21.6. The van der Waals surface area contributed by atoms with E-state index in [0.717, 1.165) is 37.6 Å². The fourth-order valence-electron chi connectivity index (χ4n) is 1.63. The van der Waals surface area contributed by atoms with Crippen LogP contribution < -0.4 is 10.6 Å². The van der Waals surface area contributed by atoms with Crippen LogP contribution in [0.1, 0.15) is 24.5 Å². The molecule has 3 nitrogen and oxygen atoms in total. The van der Waals surface area contributed by atoms with E-state index in [9.17, 15) is 0 Å². The first kappa shape index (κ1) is 11.6. The zero-order valence-corrected chi connectivity index (χ0v) is 9.19. The molecule has 0 spiro atoms. The van der Waals surface area contributed by atoms with Crippen LogP contribution in [0.15, 0.2) is 16.5 Å². The molecule has 2 rings (SSSR count). The number of piperazine rings is 1. The summed E-state index contributed by atoms with van der Waals surface area (Å²) in [5.74, 6) is 2.13. The van der Waals surface area contributed by atoms with E-state index in [1.54, 1.807) is 0 Å². The van der Waals surface area contributed by atoms with Crippen LogP contribution >= 0.6 is 12.4 Å². The third-order valence-corrected chi connectivity index (χ3v) is 2.42. The van der Waals surface area contributed by atoms with Crippen molar-refractivity contribution in [2.45, 2.75) is 19.4 Å². The van der Waals surface area contributed by atoms with Gasteiger partial charge in [-0.25, -0.2) is 0 Å². The molecule has 1 aliphatic heterocycles. The fraction of sp³-hybridized carbons (Fsp3) is 0.600. The van der Waals surface area contributed by atoms with E-state index in [0.29, 0.717) is 6.04 Å². The minimum atomic E-state index is 0. The summed E-state index contributed by atoms with van der Waals surface area (Å²) in [7, 11) is 0. The molecule has 1 aliphatic rings. The van der Waals surface area contributed by atoms with Crippen molar-refractivity contribution in [2.24, 2.45) is 0 Å². The van der Waals surface area contributed by atoms with Gasteiger partial charge in [-0.05, 0) is 12.1 Å². The minimum Gasteiger partial charge on any atom is -0.464 e. The van der Waals surface area contributed by atoms with Crippen LogP contribution in [0.25, 0.3) is 0 Å². The van der Waals surface area contributed by atoms with Crippen molar-refractivity contribution in [1.29, 1.82) is 0 Å². The second-order valence-corrected chi connectivity index (χ2v) is 3.37. The molecule has 0 radical (unpaired) electrons. The first-order valence-electron chi connectivity index (χ1n) is 4.93. The first-order chi connectivity index (χ1) is 6.40. The largest absolute Gasteiger partial charge is 0.464 e. The molecule has 0 amide bonds. The monoisotopic (exact) mass is 216 g/mol. The lowest BCUT2D eigenvalue weighted by atomic mass is 10.2. The van der Waals surface area contributed by atoms with Crippen LogP contribution in [0.2, 0.25) is 0 Å². The summed E-state index contributed by atoms with van der Waals surface area (Å²) in [6.45, 7) is 5.15. The molecule has 0 saturated carbocycles. The average Bonchev–Trinajstić information content (AvgIpc) is 2.67. The van der Waals surface area contributed by atoms with E-state index in [1.165, 1.54) is 0 Å². The average molecular weight is 217 g/mol. The van der Waals surface area contributed by atoms with Gasteiger partial charge in [0.05, 0.1) is 6.04 Å². The van der Waals surface area contributed by atoms with E-state index >= 15 is 0 Å². The quantitative estimate of drug-likeness (QED) is 0.787. The molecule has 0 aliphatic carbocycles. The summed E-state index contributed by atoms with van der Waals surface area (Å²) in [6, 6.07) is 4.49. The van der Waals surface area contributed by atoms with Gasteiger partial charge in [-0.3, -0.25) is 0 Å². The summed E-state index contributed by atoms with van der Waals surface area (Å²) >= 11 is 0. The molecule has 80 valence electrons. The Balaban J connectivity index is 0.000000980. The van der Waals surface area contributed by atoms with Crippen molar-refractivity contribution >= 4 is 12.4 Å². The van der Waals surface area contributed by atoms with Gasteiger partial charge >= 0.3 is 0 Å². The van der Waals surface area contributed by atoms with Crippen molar-refractivity contribution in [3.8, 4) is 0 Å². The van der Waals surface area contributed by atoms with E-state index in [-0.39, 0.29) is 12.4 Å². The van der Waals surface area contributed by atoms with Crippen LogP contribution in [0.4, 0.5) is 0 Å². The number of furan rings is 1. The summed E-state index contributed by atoms with van der Waals surface area (Å²) in [6.07, 6.45) is 0.972. The number of nitrogens with one attached hydrogen (secondary N) is 2. The van der Waals surface area contributed by atoms with Gasteiger partial charge in [0.1, 0.15) is 11.5 Å². The molecule has 0 unspecified atom stereocenters. The van der Waals surface area contributed by atoms with Crippen LogP contribution in [0.5, 0.6) is 0 Å². The highest BCUT2D eigenvalue weighted by Gasteiger charge is 2.16. The Bertz CT molecular complexity index is 269. The Morgan fingerprint density at radius 1 is 1.43 bits per heavy atom. The van der Waals surface area contributed by atoms with Crippen molar-refractivity contribution in [3.05, 3.63) is 23.7 Å². The Morgan fingerprint density at radius 2 is 2.29 bits per heavy atom. The second kappa shape index (κ2) is 5.39. The highest BCUT2D eigenvalue weighted by molar-refractivity contribution is 5.85. The molecule has 2 N–H and O–H groups in total. The van der Waals surface area contributed by atoms with Gasteiger partial charge in [-0.1, -0.05) is 6.92 Å². The summed E-state index contributed by atoms with van der Waals surface area (Å²) in [5, 5.41) is 6.75. The molecule has 1 aromatic rings. The van der Waals surface area contributed by atoms with Gasteiger partial charge in [0, 0.05) is 26.1 Å². The van der Waals surface area contributed by atoms with Crippen LogP contribution in [-0.4, -0.2) is 19.6 Å². The summed E-state index contributed by atoms with van der Waals surface area (Å²) < 4.78 is 5.67. The zero-order valence-electron chi connectivity index (χ0n) is 8.38. The standard InChI is InChI=1S/C10H16N2O.ClH/c1-2-8-3-4-10(13-8)9-7-11-5-6-12-9;/h3-4,9,11-12H,2,5-7H2,1H3;1H/t9-;/m0./s1. The number of aryl methyl sites for hydroxylation is 1. The SMILES string of the molecule is CCc1ccc([C@@H]2CNCCN2)o1.Cl. The third kappa shape index (κ3) is 2.50. The van der Waals surface area contributed by atoms with Crippen LogP contribution in [0, 0.1) is 0 Å². The molecule has 0 bridgehead atoms. The molecule has 4 heteroatoms. The highest BCUT2D eigenvalue weighted by Crippen LogP contribution is 2.17.